The van der Waals surface area contributed by atoms with Crippen LogP contribution in [0.5, 0.6) is 0 Å². The number of nitrogens with one attached hydrogen (secondary N) is 1. The van der Waals surface area contributed by atoms with Crippen molar-refractivity contribution in [2.75, 3.05) is 32.7 Å². The first-order chi connectivity index (χ1) is 18.1. The van der Waals surface area contributed by atoms with Crippen molar-refractivity contribution in [2.45, 2.75) is 70.1 Å². The molecule has 2 saturated heterocycles. The minimum atomic E-state index is -0.240. The van der Waals surface area contributed by atoms with Gasteiger partial charge in [0.15, 0.2) is 0 Å². The number of hydrogen-bond donors (Lipinski definition) is 1. The lowest BCUT2D eigenvalue weighted by molar-refractivity contribution is 0.167. The number of aromatic nitrogens is 2. The maximum atomic E-state index is 13.2. The highest BCUT2D eigenvalue weighted by Crippen LogP contribution is 2.49. The summed E-state index contributed by atoms with van der Waals surface area (Å²) in [7, 11) is 0. The Morgan fingerprint density at radius 2 is 1.86 bits per heavy atom. The SMILES string of the molecule is CCCC1(CC)c2ccc(C3CCN(CC4CCNCC4)CC3)cc2-n2c1nc(=O)c1c(Cl)cccc12. The first-order valence-electron chi connectivity index (χ1n) is 14.4. The van der Waals surface area contributed by atoms with Gasteiger partial charge in [-0.3, -0.25) is 9.36 Å². The van der Waals surface area contributed by atoms with Crippen LogP contribution in [-0.4, -0.2) is 47.2 Å². The first kappa shape index (κ1) is 25.1. The van der Waals surface area contributed by atoms with Crippen LogP contribution in [0.3, 0.4) is 0 Å². The second-order valence-corrected chi connectivity index (χ2v) is 11.8. The highest BCUT2D eigenvalue weighted by Gasteiger charge is 2.44. The Labute approximate surface area is 225 Å². The van der Waals surface area contributed by atoms with E-state index in [9.17, 15) is 4.79 Å². The molecule has 0 aliphatic carbocycles. The Morgan fingerprint density at radius 1 is 1.08 bits per heavy atom. The van der Waals surface area contributed by atoms with E-state index in [4.69, 9.17) is 16.6 Å². The number of fused-ring (bicyclic) bond motifs is 5. The zero-order valence-electron chi connectivity index (χ0n) is 22.2. The fourth-order valence-corrected chi connectivity index (χ4v) is 7.63. The van der Waals surface area contributed by atoms with Crippen LogP contribution in [-0.2, 0) is 5.41 Å². The van der Waals surface area contributed by atoms with E-state index in [1.54, 1.807) is 6.07 Å². The second-order valence-electron chi connectivity index (χ2n) is 11.4. The van der Waals surface area contributed by atoms with Crippen molar-refractivity contribution < 1.29 is 0 Å². The van der Waals surface area contributed by atoms with Gasteiger partial charge in [0.05, 0.1) is 27.0 Å². The van der Waals surface area contributed by atoms with Crippen LogP contribution >= 0.6 is 11.6 Å². The molecule has 0 saturated carbocycles. The number of likely N-dealkylation sites (tertiary alicyclic amines) is 1. The van der Waals surface area contributed by atoms with Gasteiger partial charge < -0.3 is 10.2 Å². The summed E-state index contributed by atoms with van der Waals surface area (Å²) in [6.07, 6.45) is 7.97. The fourth-order valence-electron chi connectivity index (χ4n) is 7.38. The average Bonchev–Trinajstić information content (AvgIpc) is 3.19. The molecule has 1 aromatic heterocycles. The van der Waals surface area contributed by atoms with Crippen molar-refractivity contribution in [3.05, 3.63) is 68.7 Å². The van der Waals surface area contributed by atoms with Crippen LogP contribution in [0.4, 0.5) is 0 Å². The van der Waals surface area contributed by atoms with Crippen molar-refractivity contribution in [1.29, 1.82) is 0 Å². The summed E-state index contributed by atoms with van der Waals surface area (Å²) in [6, 6.07) is 12.9. The van der Waals surface area contributed by atoms with E-state index in [1.807, 2.05) is 12.1 Å². The summed E-state index contributed by atoms with van der Waals surface area (Å²) in [5, 5.41) is 4.50. The molecule has 2 aromatic carbocycles. The van der Waals surface area contributed by atoms with Crippen LogP contribution in [0.15, 0.2) is 41.2 Å². The lowest BCUT2D eigenvalue weighted by Gasteiger charge is -2.36. The Bertz CT molecular complexity index is 1350. The van der Waals surface area contributed by atoms with Gasteiger partial charge in [0.2, 0.25) is 0 Å². The van der Waals surface area contributed by atoms with Gasteiger partial charge in [-0.25, -0.2) is 0 Å². The summed E-state index contributed by atoms with van der Waals surface area (Å²) in [4.78, 5) is 20.6. The number of benzene rings is 2. The number of hydrogen-bond acceptors (Lipinski definition) is 4. The third-order valence-corrected chi connectivity index (χ3v) is 9.70. The van der Waals surface area contributed by atoms with E-state index in [0.717, 1.165) is 36.5 Å². The molecule has 37 heavy (non-hydrogen) atoms. The highest BCUT2D eigenvalue weighted by molar-refractivity contribution is 6.35. The van der Waals surface area contributed by atoms with Crippen molar-refractivity contribution in [1.82, 2.24) is 19.8 Å². The molecule has 3 aromatic rings. The molecule has 2 fully saturated rings. The molecule has 4 heterocycles. The lowest BCUT2D eigenvalue weighted by Crippen LogP contribution is -2.39. The van der Waals surface area contributed by atoms with Crippen molar-refractivity contribution in [3.8, 4) is 5.69 Å². The van der Waals surface area contributed by atoms with Gasteiger partial charge in [0, 0.05) is 6.54 Å². The molecule has 1 N–H and O–H groups in total. The zero-order chi connectivity index (χ0) is 25.6. The summed E-state index contributed by atoms with van der Waals surface area (Å²) in [5.41, 5.74) is 4.35. The standard InChI is InChI=1S/C31H39ClN4O/c1-3-14-31(4-2)24-9-8-23(22-12-17-35(18-13-22)20-21-10-15-33-16-11-21)19-27(24)36-26-7-5-6-25(32)28(26)29(37)34-30(31)36/h5-9,19,21-22,33H,3-4,10-18,20H2,1-2H3. The molecular formula is C31H39ClN4O. The molecule has 0 amide bonds. The molecule has 6 rings (SSSR count). The van der Waals surface area contributed by atoms with Gasteiger partial charge in [-0.2, -0.15) is 4.98 Å². The van der Waals surface area contributed by atoms with E-state index in [1.165, 1.54) is 75.2 Å². The largest absolute Gasteiger partial charge is 0.317 e. The summed E-state index contributed by atoms with van der Waals surface area (Å²) in [5.74, 6) is 2.31. The summed E-state index contributed by atoms with van der Waals surface area (Å²) >= 11 is 6.53. The smallest absolute Gasteiger partial charge is 0.282 e. The normalized spacial score (nSPS) is 22.9. The minimum Gasteiger partial charge on any atom is -0.317 e. The van der Waals surface area contributed by atoms with Gasteiger partial charge in [0.25, 0.3) is 5.56 Å². The predicted molar refractivity (Wildman–Crippen MR) is 152 cm³/mol. The maximum absolute atomic E-state index is 13.2. The lowest BCUT2D eigenvalue weighted by atomic mass is 9.74. The van der Waals surface area contributed by atoms with Crippen molar-refractivity contribution in [2.24, 2.45) is 5.92 Å². The summed E-state index contributed by atoms with van der Waals surface area (Å²) in [6.45, 7) is 10.4. The quantitative estimate of drug-likeness (QED) is 0.433. The molecule has 3 aliphatic rings. The third-order valence-electron chi connectivity index (χ3n) is 9.39. The highest BCUT2D eigenvalue weighted by atomic mass is 35.5. The number of piperidine rings is 2. The van der Waals surface area contributed by atoms with Gasteiger partial charge in [-0.15, -0.1) is 0 Å². The molecule has 6 heteroatoms. The molecule has 1 atom stereocenters. The van der Waals surface area contributed by atoms with Gasteiger partial charge in [0.1, 0.15) is 5.82 Å². The Kier molecular flexibility index (Phi) is 6.89. The van der Waals surface area contributed by atoms with Gasteiger partial charge in [-0.1, -0.05) is 50.1 Å². The van der Waals surface area contributed by atoms with Crippen molar-refractivity contribution in [3.63, 3.8) is 0 Å². The fraction of sp³-hybridized carbons (Fsp3) is 0.548. The Hall–Kier alpha value is -2.21. The third kappa shape index (κ3) is 4.24. The molecule has 0 radical (unpaired) electrons. The average molecular weight is 519 g/mol. The van der Waals surface area contributed by atoms with Crippen LogP contribution in [0.1, 0.15) is 81.7 Å². The molecule has 5 nitrogen and oxygen atoms in total. The monoisotopic (exact) mass is 518 g/mol. The van der Waals surface area contributed by atoms with Crippen LogP contribution in [0, 0.1) is 5.92 Å². The van der Waals surface area contributed by atoms with Crippen molar-refractivity contribution >= 4 is 22.5 Å². The first-order valence-corrected chi connectivity index (χ1v) is 14.7. The van der Waals surface area contributed by atoms with Crippen LogP contribution in [0.2, 0.25) is 5.02 Å². The molecule has 1 unspecified atom stereocenters. The number of nitrogens with zero attached hydrogens (tertiary/aromatic N) is 3. The zero-order valence-corrected chi connectivity index (χ0v) is 23.0. The topological polar surface area (TPSA) is 50.2 Å². The van der Waals surface area contributed by atoms with Gasteiger partial charge >= 0.3 is 0 Å². The van der Waals surface area contributed by atoms with Crippen LogP contribution < -0.4 is 10.9 Å². The Morgan fingerprint density at radius 3 is 2.59 bits per heavy atom. The second kappa shape index (κ2) is 10.2. The maximum Gasteiger partial charge on any atom is 0.282 e. The van der Waals surface area contributed by atoms with Crippen LogP contribution in [0.25, 0.3) is 16.6 Å². The molecule has 0 spiro atoms. The van der Waals surface area contributed by atoms with E-state index in [0.29, 0.717) is 16.3 Å². The van der Waals surface area contributed by atoms with E-state index in [2.05, 4.69) is 46.8 Å². The molecule has 196 valence electrons. The molecular weight excluding hydrogens is 480 g/mol. The van der Waals surface area contributed by atoms with E-state index < -0.39 is 0 Å². The van der Waals surface area contributed by atoms with Gasteiger partial charge in [-0.05, 0) is 106 Å². The Balaban J connectivity index is 1.36. The number of rotatable bonds is 6. The summed E-state index contributed by atoms with van der Waals surface area (Å²) < 4.78 is 2.26. The van der Waals surface area contributed by atoms with E-state index >= 15 is 0 Å². The predicted octanol–water partition coefficient (Wildman–Crippen LogP) is 6.03. The molecule has 3 aliphatic heterocycles. The molecule has 0 bridgehead atoms. The minimum absolute atomic E-state index is 0.213. The van der Waals surface area contributed by atoms with E-state index in [-0.39, 0.29) is 11.0 Å². The number of halogens is 1.